The molecule has 2 rings (SSSR count). The van der Waals surface area contributed by atoms with Gasteiger partial charge in [-0.15, -0.1) is 0 Å². The molecule has 8 heteroatoms. The summed E-state index contributed by atoms with van der Waals surface area (Å²) < 4.78 is 5.60. The Morgan fingerprint density at radius 2 is 1.46 bits per heavy atom. The normalized spacial score (nSPS) is 12.7. The Bertz CT molecular complexity index is 1070. The number of carboxylic acids is 2. The molecule has 0 spiro atoms. The van der Waals surface area contributed by atoms with E-state index in [2.05, 4.69) is 33.0 Å². The molecule has 0 aliphatic heterocycles. The van der Waals surface area contributed by atoms with Gasteiger partial charge in [0.05, 0.1) is 23.4 Å². The van der Waals surface area contributed by atoms with E-state index in [1.165, 1.54) is 0 Å². The van der Waals surface area contributed by atoms with Gasteiger partial charge >= 0.3 is 11.9 Å². The number of aliphatic carboxylic acids is 2. The van der Waals surface area contributed by atoms with Crippen LogP contribution in [0.15, 0.2) is 30.3 Å². The summed E-state index contributed by atoms with van der Waals surface area (Å²) in [5.74, 6) is -6.40. The van der Waals surface area contributed by atoms with Crippen molar-refractivity contribution < 1.29 is 29.3 Å². The minimum Gasteiger partial charge on any atom is -0.481 e. The SMILES string of the molecule is CC(C)NC(C)C.CCCC(=O)C(c1cccc(-c2c(C)cc(C)cc2C)n1)C(OCC)C(C(=O)O)C(=O)O. The van der Waals surface area contributed by atoms with E-state index < -0.39 is 29.9 Å². The molecular formula is C31H46N2O6. The summed E-state index contributed by atoms with van der Waals surface area (Å²) in [5.41, 5.74) is 5.06. The fourth-order valence-corrected chi connectivity index (χ4v) is 4.90. The van der Waals surface area contributed by atoms with Gasteiger partial charge in [-0.25, -0.2) is 0 Å². The molecular weight excluding hydrogens is 496 g/mol. The van der Waals surface area contributed by atoms with E-state index >= 15 is 0 Å². The summed E-state index contributed by atoms with van der Waals surface area (Å²) in [6.45, 7) is 18.1. The Balaban J connectivity index is 0.000000956. The second kappa shape index (κ2) is 16.1. The molecule has 216 valence electrons. The number of hydrogen-bond donors (Lipinski definition) is 3. The first-order valence-electron chi connectivity index (χ1n) is 13.7. The lowest BCUT2D eigenvalue weighted by molar-refractivity contribution is -0.163. The Morgan fingerprint density at radius 1 is 0.923 bits per heavy atom. The van der Waals surface area contributed by atoms with Gasteiger partial charge in [0.15, 0.2) is 5.92 Å². The first kappa shape index (κ1) is 33.9. The van der Waals surface area contributed by atoms with E-state index in [1.807, 2.05) is 45.9 Å². The maximum absolute atomic E-state index is 13.1. The number of Topliss-reactive ketones (excluding diaryl/α,β-unsaturated/α-hetero) is 1. The fraction of sp³-hybridized carbons (Fsp3) is 0.548. The van der Waals surface area contributed by atoms with Crippen LogP contribution in [0.2, 0.25) is 0 Å². The first-order valence-corrected chi connectivity index (χ1v) is 13.7. The van der Waals surface area contributed by atoms with Crippen molar-refractivity contribution in [2.45, 2.75) is 99.3 Å². The van der Waals surface area contributed by atoms with E-state index in [4.69, 9.17) is 9.72 Å². The number of aryl methyl sites for hydroxylation is 3. The molecule has 0 fully saturated rings. The number of rotatable bonds is 13. The highest BCUT2D eigenvalue weighted by atomic mass is 16.5. The van der Waals surface area contributed by atoms with Crippen molar-refractivity contribution in [2.75, 3.05) is 6.61 Å². The van der Waals surface area contributed by atoms with Crippen molar-refractivity contribution in [1.82, 2.24) is 10.3 Å². The topological polar surface area (TPSA) is 126 Å². The second-order valence-electron chi connectivity index (χ2n) is 10.5. The van der Waals surface area contributed by atoms with E-state index in [-0.39, 0.29) is 18.8 Å². The predicted octanol–water partition coefficient (Wildman–Crippen LogP) is 5.71. The molecule has 0 saturated heterocycles. The van der Waals surface area contributed by atoms with Gasteiger partial charge < -0.3 is 20.3 Å². The van der Waals surface area contributed by atoms with Crippen LogP contribution in [0.5, 0.6) is 0 Å². The van der Waals surface area contributed by atoms with Crippen LogP contribution >= 0.6 is 0 Å². The number of ketones is 1. The Labute approximate surface area is 233 Å². The monoisotopic (exact) mass is 542 g/mol. The molecule has 1 heterocycles. The van der Waals surface area contributed by atoms with E-state index in [1.54, 1.807) is 19.1 Å². The van der Waals surface area contributed by atoms with E-state index in [0.29, 0.717) is 29.9 Å². The van der Waals surface area contributed by atoms with E-state index in [0.717, 1.165) is 22.3 Å². The third-order valence-corrected chi connectivity index (χ3v) is 6.08. The van der Waals surface area contributed by atoms with Crippen molar-refractivity contribution in [3.8, 4) is 11.3 Å². The number of nitrogens with zero attached hydrogens (tertiary/aromatic N) is 1. The predicted molar refractivity (Wildman–Crippen MR) is 154 cm³/mol. The van der Waals surface area contributed by atoms with Gasteiger partial charge in [-0.1, -0.05) is 58.4 Å². The zero-order valence-electron chi connectivity index (χ0n) is 24.9. The average molecular weight is 543 g/mol. The lowest BCUT2D eigenvalue weighted by Gasteiger charge is -2.28. The fourth-order valence-electron chi connectivity index (χ4n) is 4.90. The second-order valence-corrected chi connectivity index (χ2v) is 10.5. The Hall–Kier alpha value is -3.10. The Morgan fingerprint density at radius 3 is 1.87 bits per heavy atom. The molecule has 0 aliphatic carbocycles. The summed E-state index contributed by atoms with van der Waals surface area (Å²) >= 11 is 0. The number of benzene rings is 1. The van der Waals surface area contributed by atoms with Crippen LogP contribution in [0.3, 0.4) is 0 Å². The van der Waals surface area contributed by atoms with E-state index in [9.17, 15) is 24.6 Å². The first-order chi connectivity index (χ1) is 18.2. The number of carboxylic acid groups (broad SMARTS) is 2. The van der Waals surface area contributed by atoms with Crippen LogP contribution < -0.4 is 5.32 Å². The van der Waals surface area contributed by atoms with Crippen molar-refractivity contribution in [2.24, 2.45) is 5.92 Å². The summed E-state index contributed by atoms with van der Waals surface area (Å²) in [5, 5.41) is 22.5. The van der Waals surface area contributed by atoms with Crippen LogP contribution in [-0.2, 0) is 19.1 Å². The van der Waals surface area contributed by atoms with Gasteiger partial charge in [-0.3, -0.25) is 19.4 Å². The zero-order chi connectivity index (χ0) is 29.9. The third kappa shape index (κ3) is 10.2. The van der Waals surface area contributed by atoms with Gasteiger partial charge in [-0.05, 0) is 57.4 Å². The number of hydrogen-bond acceptors (Lipinski definition) is 6. The molecule has 2 unspecified atom stereocenters. The third-order valence-electron chi connectivity index (χ3n) is 6.08. The molecule has 2 aromatic rings. The Kier molecular flexibility index (Phi) is 14.0. The largest absolute Gasteiger partial charge is 0.481 e. The number of carbonyl (C=O) groups excluding carboxylic acids is 1. The molecule has 39 heavy (non-hydrogen) atoms. The smallest absolute Gasteiger partial charge is 0.320 e. The van der Waals surface area contributed by atoms with Crippen LogP contribution in [0.25, 0.3) is 11.3 Å². The standard InChI is InChI=1S/C25H31NO6.C6H15N/c1-6-9-19(27)21(23(32-7-2)22(24(28)29)25(30)31)18-11-8-10-17(26-18)20-15(4)12-14(3)13-16(20)5;1-5(2)7-6(3)4/h8,10-13,21-23H,6-7,9H2,1-5H3,(H,28,29)(H,30,31);5-7H,1-4H3. The minimum absolute atomic E-state index is 0.0630. The highest BCUT2D eigenvalue weighted by Crippen LogP contribution is 2.33. The van der Waals surface area contributed by atoms with Crippen molar-refractivity contribution in [3.63, 3.8) is 0 Å². The number of ether oxygens (including phenoxy) is 1. The number of aromatic nitrogens is 1. The summed E-state index contributed by atoms with van der Waals surface area (Å²) in [6, 6.07) is 10.6. The molecule has 0 bridgehead atoms. The lowest BCUT2D eigenvalue weighted by Crippen LogP contribution is -2.43. The molecule has 2 atom stereocenters. The van der Waals surface area contributed by atoms with Crippen molar-refractivity contribution in [3.05, 3.63) is 52.7 Å². The highest BCUT2D eigenvalue weighted by molar-refractivity contribution is 5.96. The van der Waals surface area contributed by atoms with Gasteiger partial charge in [-0.2, -0.15) is 0 Å². The molecule has 0 saturated carbocycles. The van der Waals surface area contributed by atoms with Crippen molar-refractivity contribution in [1.29, 1.82) is 0 Å². The van der Waals surface area contributed by atoms with Gasteiger partial charge in [0.25, 0.3) is 0 Å². The molecule has 1 aromatic carbocycles. The zero-order valence-corrected chi connectivity index (χ0v) is 24.9. The highest BCUT2D eigenvalue weighted by Gasteiger charge is 2.44. The quantitative estimate of drug-likeness (QED) is 0.275. The average Bonchev–Trinajstić information content (AvgIpc) is 2.78. The van der Waals surface area contributed by atoms with Gasteiger partial charge in [0, 0.05) is 30.7 Å². The van der Waals surface area contributed by atoms with Gasteiger partial charge in [0.2, 0.25) is 0 Å². The molecule has 0 radical (unpaired) electrons. The lowest BCUT2D eigenvalue weighted by atomic mass is 9.83. The van der Waals surface area contributed by atoms with Crippen LogP contribution in [0.1, 0.15) is 82.7 Å². The van der Waals surface area contributed by atoms with Crippen LogP contribution in [0.4, 0.5) is 0 Å². The molecule has 0 aliphatic rings. The summed E-state index contributed by atoms with van der Waals surface area (Å²) in [4.78, 5) is 41.4. The van der Waals surface area contributed by atoms with Gasteiger partial charge in [0.1, 0.15) is 5.78 Å². The summed E-state index contributed by atoms with van der Waals surface area (Å²) in [7, 11) is 0. The molecule has 3 N–H and O–H groups in total. The van der Waals surface area contributed by atoms with Crippen molar-refractivity contribution >= 4 is 17.7 Å². The maximum atomic E-state index is 13.1. The molecule has 1 aromatic heterocycles. The number of pyridine rings is 1. The van der Waals surface area contributed by atoms with Crippen LogP contribution in [0, 0.1) is 26.7 Å². The number of carbonyl (C=O) groups is 3. The summed E-state index contributed by atoms with van der Waals surface area (Å²) in [6.07, 6.45) is -0.680. The molecule has 8 nitrogen and oxygen atoms in total. The minimum atomic E-state index is -1.89. The van der Waals surface area contributed by atoms with Crippen LogP contribution in [-0.4, -0.2) is 57.7 Å². The number of nitrogens with one attached hydrogen (secondary N) is 1. The molecule has 0 amide bonds. The maximum Gasteiger partial charge on any atom is 0.320 e.